The van der Waals surface area contributed by atoms with Gasteiger partial charge >= 0.3 is 6.61 Å². The number of rotatable bonds is 9. The number of ether oxygens (including phenoxy) is 2. The number of carbonyl (C=O) groups is 2. The van der Waals surface area contributed by atoms with Gasteiger partial charge in [0.25, 0.3) is 5.91 Å². The highest BCUT2D eigenvalue weighted by Gasteiger charge is 2.30. The number of aromatic nitrogens is 2. The number of halogens is 2. The maximum atomic E-state index is 12.8. The fourth-order valence-corrected chi connectivity index (χ4v) is 3.93. The molecule has 0 fully saturated rings. The summed E-state index contributed by atoms with van der Waals surface area (Å²) in [4.78, 5) is 33.0. The third-order valence-electron chi connectivity index (χ3n) is 5.83. The van der Waals surface area contributed by atoms with Crippen molar-refractivity contribution in [3.8, 4) is 11.5 Å². The number of carbonyl (C=O) groups excluding carboxylic acids is 2. The summed E-state index contributed by atoms with van der Waals surface area (Å²) < 4.78 is 35.1. The van der Waals surface area contributed by atoms with E-state index in [9.17, 15) is 18.4 Å². The molecule has 11 heteroatoms. The molecule has 0 bridgehead atoms. The van der Waals surface area contributed by atoms with Crippen LogP contribution < -0.4 is 14.8 Å². The molecular weight excluding hydrogens is 484 g/mol. The minimum Gasteiger partial charge on any atom is -0.493 e. The fourth-order valence-electron chi connectivity index (χ4n) is 3.93. The van der Waals surface area contributed by atoms with E-state index in [4.69, 9.17) is 4.74 Å². The van der Waals surface area contributed by atoms with E-state index in [1.807, 2.05) is 6.92 Å². The Morgan fingerprint density at radius 1 is 1.16 bits per heavy atom. The molecule has 1 aliphatic rings. The third-order valence-corrected chi connectivity index (χ3v) is 5.83. The summed E-state index contributed by atoms with van der Waals surface area (Å²) in [6.07, 6.45) is 5.24. The van der Waals surface area contributed by atoms with Crippen LogP contribution in [0.5, 0.6) is 11.5 Å². The molecule has 4 rings (SSSR count). The molecule has 192 valence electrons. The second kappa shape index (κ2) is 11.5. The average molecular weight is 510 g/mol. The molecule has 2 aromatic carbocycles. The van der Waals surface area contributed by atoms with Gasteiger partial charge in [0, 0.05) is 36.0 Å². The Hall–Kier alpha value is -4.41. The van der Waals surface area contributed by atoms with E-state index in [1.165, 1.54) is 36.8 Å². The number of amides is 2. The quantitative estimate of drug-likeness (QED) is 0.455. The number of alkyl halides is 2. The smallest absolute Gasteiger partial charge is 0.387 e. The molecule has 1 N–H and O–H groups in total. The van der Waals surface area contributed by atoms with Crippen LogP contribution in [0.3, 0.4) is 0 Å². The maximum Gasteiger partial charge on any atom is 0.387 e. The lowest BCUT2D eigenvalue weighted by molar-refractivity contribution is -0.133. The molecule has 37 heavy (non-hydrogen) atoms. The number of hydrazone groups is 1. The molecule has 2 amide bonds. The Balaban J connectivity index is 1.52. The van der Waals surface area contributed by atoms with E-state index < -0.39 is 6.61 Å². The Morgan fingerprint density at radius 2 is 1.95 bits per heavy atom. The van der Waals surface area contributed by atoms with Crippen molar-refractivity contribution in [3.05, 3.63) is 77.9 Å². The van der Waals surface area contributed by atoms with Gasteiger partial charge in [-0.05, 0) is 42.3 Å². The lowest BCUT2D eigenvalue weighted by Crippen LogP contribution is -2.36. The predicted octanol–water partition coefficient (Wildman–Crippen LogP) is 4.50. The van der Waals surface area contributed by atoms with E-state index in [0.29, 0.717) is 23.4 Å². The molecule has 1 unspecified atom stereocenters. The first-order valence-electron chi connectivity index (χ1n) is 11.6. The summed E-state index contributed by atoms with van der Waals surface area (Å²) >= 11 is 0. The Kier molecular flexibility index (Phi) is 8.02. The number of anilines is 1. The number of hydrogen-bond acceptors (Lipinski definition) is 7. The number of nitrogens with zero attached hydrogens (tertiary/aromatic N) is 4. The van der Waals surface area contributed by atoms with Gasteiger partial charge in [-0.25, -0.2) is 9.99 Å². The summed E-state index contributed by atoms with van der Waals surface area (Å²) in [5, 5.41) is 8.77. The van der Waals surface area contributed by atoms with Crippen LogP contribution in [0.1, 0.15) is 41.4 Å². The fraction of sp³-hybridized carbons (Fsp3) is 0.269. The van der Waals surface area contributed by atoms with Crippen LogP contribution in [-0.2, 0) is 11.3 Å². The zero-order valence-corrected chi connectivity index (χ0v) is 20.2. The molecule has 1 atom stereocenters. The van der Waals surface area contributed by atoms with Crippen LogP contribution in [0.2, 0.25) is 0 Å². The maximum absolute atomic E-state index is 12.8. The largest absolute Gasteiger partial charge is 0.493 e. The molecule has 0 saturated heterocycles. The van der Waals surface area contributed by atoms with E-state index in [0.717, 1.165) is 5.56 Å². The summed E-state index contributed by atoms with van der Waals surface area (Å²) in [7, 11) is 1.37. The third kappa shape index (κ3) is 6.24. The van der Waals surface area contributed by atoms with Gasteiger partial charge in [0.2, 0.25) is 5.91 Å². The van der Waals surface area contributed by atoms with Gasteiger partial charge < -0.3 is 14.8 Å². The summed E-state index contributed by atoms with van der Waals surface area (Å²) in [5.41, 5.74) is 2.89. The lowest BCUT2D eigenvalue weighted by Gasteiger charge is -2.29. The van der Waals surface area contributed by atoms with Crippen LogP contribution in [0.4, 0.5) is 14.5 Å². The normalized spacial score (nSPS) is 15.4. The molecule has 1 aromatic heterocycles. The van der Waals surface area contributed by atoms with Gasteiger partial charge in [-0.15, -0.1) is 0 Å². The minimum absolute atomic E-state index is 0.0786. The Morgan fingerprint density at radius 3 is 2.59 bits per heavy atom. The van der Waals surface area contributed by atoms with E-state index >= 15 is 0 Å². The second-order valence-corrected chi connectivity index (χ2v) is 8.23. The standard InChI is InChI=1S/C26H25F2N5O4/c1-3-17-13-23(34)33(32-24(17)18-6-9-21(37-26(27)28)22(12-18)36-2)15-16-4-7-19(8-5-16)31-25(35)20-14-29-10-11-30-20/h4-12,14,17,26H,3,13,15H2,1-2H3,(H,31,35). The zero-order chi connectivity index (χ0) is 26.4. The van der Waals surface area contributed by atoms with Crippen LogP contribution in [-0.4, -0.2) is 46.2 Å². The van der Waals surface area contributed by atoms with Crippen molar-refractivity contribution in [1.29, 1.82) is 0 Å². The van der Waals surface area contributed by atoms with Crippen molar-refractivity contribution in [2.75, 3.05) is 12.4 Å². The van der Waals surface area contributed by atoms with Crippen molar-refractivity contribution >= 4 is 23.2 Å². The van der Waals surface area contributed by atoms with E-state index in [-0.39, 0.29) is 47.9 Å². The topological polar surface area (TPSA) is 106 Å². The van der Waals surface area contributed by atoms with Crippen LogP contribution in [0.15, 0.2) is 66.2 Å². The minimum atomic E-state index is -2.98. The van der Waals surface area contributed by atoms with Crippen LogP contribution >= 0.6 is 0 Å². The Bertz CT molecular complexity index is 1290. The molecule has 0 saturated carbocycles. The highest BCUT2D eigenvalue weighted by atomic mass is 19.3. The highest BCUT2D eigenvalue weighted by molar-refractivity contribution is 6.06. The van der Waals surface area contributed by atoms with Gasteiger partial charge in [0.05, 0.1) is 25.6 Å². The van der Waals surface area contributed by atoms with Crippen molar-refractivity contribution in [2.24, 2.45) is 11.0 Å². The van der Waals surface area contributed by atoms with Crippen molar-refractivity contribution < 1.29 is 27.8 Å². The monoisotopic (exact) mass is 509 g/mol. The molecule has 1 aliphatic heterocycles. The highest BCUT2D eigenvalue weighted by Crippen LogP contribution is 2.33. The lowest BCUT2D eigenvalue weighted by atomic mass is 9.89. The molecule has 0 spiro atoms. The van der Waals surface area contributed by atoms with Crippen molar-refractivity contribution in [1.82, 2.24) is 15.0 Å². The number of nitrogens with one attached hydrogen (secondary N) is 1. The zero-order valence-electron chi connectivity index (χ0n) is 20.2. The molecule has 3 aromatic rings. The first-order chi connectivity index (χ1) is 17.9. The van der Waals surface area contributed by atoms with E-state index in [1.54, 1.807) is 36.4 Å². The SMILES string of the molecule is CCC1CC(=O)N(Cc2ccc(NC(=O)c3cnccn3)cc2)N=C1c1ccc(OC(F)F)c(OC)c1. The predicted molar refractivity (Wildman–Crippen MR) is 132 cm³/mol. The van der Waals surface area contributed by atoms with Gasteiger partial charge in [0.1, 0.15) is 5.69 Å². The molecule has 2 heterocycles. The average Bonchev–Trinajstić information content (AvgIpc) is 2.91. The molecule has 9 nitrogen and oxygen atoms in total. The number of hydrogen-bond donors (Lipinski definition) is 1. The van der Waals surface area contributed by atoms with Crippen LogP contribution in [0, 0.1) is 5.92 Å². The summed E-state index contributed by atoms with van der Waals surface area (Å²) in [6, 6.07) is 11.7. The van der Waals surface area contributed by atoms with Crippen molar-refractivity contribution in [3.63, 3.8) is 0 Å². The first-order valence-corrected chi connectivity index (χ1v) is 11.6. The second-order valence-electron chi connectivity index (χ2n) is 8.23. The van der Waals surface area contributed by atoms with Gasteiger partial charge in [-0.3, -0.25) is 14.6 Å². The summed E-state index contributed by atoms with van der Waals surface area (Å²) in [6.45, 7) is -0.793. The van der Waals surface area contributed by atoms with Gasteiger partial charge in [-0.2, -0.15) is 13.9 Å². The van der Waals surface area contributed by atoms with E-state index in [2.05, 4.69) is 25.1 Å². The number of benzene rings is 2. The number of methoxy groups -OCH3 is 1. The first kappa shape index (κ1) is 25.7. The van der Waals surface area contributed by atoms with Gasteiger partial charge in [-0.1, -0.05) is 19.1 Å². The Labute approximate surface area is 212 Å². The molecule has 0 radical (unpaired) electrons. The van der Waals surface area contributed by atoms with Crippen molar-refractivity contribution in [2.45, 2.75) is 32.9 Å². The summed E-state index contributed by atoms with van der Waals surface area (Å²) in [5.74, 6) is -0.565. The van der Waals surface area contributed by atoms with Crippen LogP contribution in [0.25, 0.3) is 0 Å². The van der Waals surface area contributed by atoms with Gasteiger partial charge in [0.15, 0.2) is 11.5 Å². The molecular formula is C26H25F2N5O4. The molecule has 0 aliphatic carbocycles.